The third-order valence-corrected chi connectivity index (χ3v) is 8.07. The molecule has 5 N–H and O–H groups in total. The highest BCUT2D eigenvalue weighted by atomic mass is 16.3. The molecule has 4 heterocycles. The summed E-state index contributed by atoms with van der Waals surface area (Å²) in [7, 11) is 0. The number of nitrogens with two attached hydrogens (primary N) is 1. The van der Waals surface area contributed by atoms with E-state index in [-0.39, 0.29) is 36.5 Å². The van der Waals surface area contributed by atoms with Gasteiger partial charge >= 0.3 is 0 Å². The van der Waals surface area contributed by atoms with Gasteiger partial charge in [0.2, 0.25) is 6.41 Å². The zero-order chi connectivity index (χ0) is 25.4. The molecule has 37 heavy (non-hydrogen) atoms. The molecule has 1 fully saturated rings. The van der Waals surface area contributed by atoms with Crippen molar-refractivity contribution in [1.29, 1.82) is 0 Å². The van der Waals surface area contributed by atoms with Crippen molar-refractivity contribution in [3.8, 4) is 0 Å². The summed E-state index contributed by atoms with van der Waals surface area (Å²) >= 11 is 0. The van der Waals surface area contributed by atoms with E-state index in [1.807, 2.05) is 24.3 Å². The van der Waals surface area contributed by atoms with Gasteiger partial charge in [0, 0.05) is 51.2 Å². The van der Waals surface area contributed by atoms with Crippen LogP contribution in [0, 0.1) is 0 Å². The summed E-state index contributed by atoms with van der Waals surface area (Å²) in [6.07, 6.45) is 2.40. The van der Waals surface area contributed by atoms with Crippen molar-refractivity contribution in [1.82, 2.24) is 19.8 Å². The lowest BCUT2D eigenvalue weighted by atomic mass is 9.96. The molecule has 8 rings (SSSR count). The number of para-hydroxylation sites is 2. The molecular formula is C28H25N5O4. The first-order chi connectivity index (χ1) is 18.1. The first kappa shape index (κ1) is 22.0. The Labute approximate surface area is 210 Å². The first-order valence-corrected chi connectivity index (χ1v) is 12.5. The Morgan fingerprint density at radius 3 is 2.05 bits per heavy atom. The van der Waals surface area contributed by atoms with Crippen LogP contribution in [-0.4, -0.2) is 51.7 Å². The number of aliphatic hydroxyl groups excluding tert-OH is 1. The second-order valence-corrected chi connectivity index (χ2v) is 9.91. The van der Waals surface area contributed by atoms with Crippen LogP contribution in [0.25, 0.3) is 43.6 Å². The molecule has 1 saturated carbocycles. The second kappa shape index (κ2) is 7.89. The van der Waals surface area contributed by atoms with Gasteiger partial charge < -0.3 is 25.3 Å². The maximum absolute atomic E-state index is 13.1. The van der Waals surface area contributed by atoms with E-state index in [0.717, 1.165) is 56.5 Å². The fourth-order valence-corrected chi connectivity index (χ4v) is 6.81. The van der Waals surface area contributed by atoms with E-state index >= 15 is 0 Å². The summed E-state index contributed by atoms with van der Waals surface area (Å²) in [4.78, 5) is 35.5. The van der Waals surface area contributed by atoms with Crippen LogP contribution in [0.3, 0.4) is 0 Å². The van der Waals surface area contributed by atoms with E-state index in [1.54, 1.807) is 0 Å². The number of hydrogen-bond acceptors (Lipinski definition) is 5. The molecule has 9 nitrogen and oxygen atoms in total. The van der Waals surface area contributed by atoms with Crippen molar-refractivity contribution in [2.24, 2.45) is 5.73 Å². The van der Waals surface area contributed by atoms with Gasteiger partial charge in [0.15, 0.2) is 0 Å². The first-order valence-electron chi connectivity index (χ1n) is 12.5. The van der Waals surface area contributed by atoms with Crippen LogP contribution in [0.15, 0.2) is 48.5 Å². The van der Waals surface area contributed by atoms with Gasteiger partial charge in [-0.2, -0.15) is 0 Å². The Morgan fingerprint density at radius 2 is 1.49 bits per heavy atom. The summed E-state index contributed by atoms with van der Waals surface area (Å²) < 4.78 is 4.78. The summed E-state index contributed by atoms with van der Waals surface area (Å²) in [5.41, 5.74) is 12.0. The summed E-state index contributed by atoms with van der Waals surface area (Å²) in [5.74, 6) is -0.604. The van der Waals surface area contributed by atoms with Gasteiger partial charge in [-0.05, 0) is 25.0 Å². The maximum atomic E-state index is 13.1. The van der Waals surface area contributed by atoms with E-state index in [9.17, 15) is 14.4 Å². The summed E-state index contributed by atoms with van der Waals surface area (Å²) in [6.45, 7) is 0.363. The van der Waals surface area contributed by atoms with E-state index in [1.165, 1.54) is 0 Å². The molecule has 3 aliphatic rings. The van der Waals surface area contributed by atoms with Crippen molar-refractivity contribution in [2.75, 3.05) is 13.2 Å². The minimum Gasteiger partial charge on any atom is -0.395 e. The maximum Gasteiger partial charge on any atom is 0.259 e. The number of carbonyl (C=O) groups excluding carboxylic acids is 3. The summed E-state index contributed by atoms with van der Waals surface area (Å²) in [6, 6.07) is 16.9. The van der Waals surface area contributed by atoms with E-state index < -0.39 is 0 Å². The van der Waals surface area contributed by atoms with Crippen molar-refractivity contribution in [2.45, 2.75) is 31.0 Å². The van der Waals surface area contributed by atoms with Crippen molar-refractivity contribution < 1.29 is 19.5 Å². The van der Waals surface area contributed by atoms with E-state index in [0.29, 0.717) is 24.1 Å². The van der Waals surface area contributed by atoms with Crippen molar-refractivity contribution in [3.05, 3.63) is 59.7 Å². The van der Waals surface area contributed by atoms with Gasteiger partial charge in [-0.15, -0.1) is 0 Å². The second-order valence-electron chi connectivity index (χ2n) is 9.91. The number of hydrogen-bond donors (Lipinski definition) is 4. The Kier molecular flexibility index (Phi) is 4.70. The van der Waals surface area contributed by atoms with Crippen LogP contribution in [0.2, 0.25) is 0 Å². The van der Waals surface area contributed by atoms with Crippen molar-refractivity contribution >= 4 is 61.8 Å². The minimum atomic E-state index is -0.305. The Bertz CT molecular complexity index is 1800. The largest absolute Gasteiger partial charge is 0.395 e. The lowest BCUT2D eigenvalue weighted by Gasteiger charge is -2.21. The standard InChI is InChI=1S/C25H18N4O2.C3H7NO2/c26-14-9-11-10-17(14)29-16-8-4-2-6-13(16)19-21-20(24(30)27-25(21)31)18-12-5-1-3-7-15(12)28(11)22(18)23(19)29;5-2-1-4-3-6/h1-8,11,14,17H,9-10,26H2,(H,27,30,31);3,5H,1-2H2,(H,4,6). The lowest BCUT2D eigenvalue weighted by molar-refractivity contribution is -0.109. The monoisotopic (exact) mass is 495 g/mol. The molecule has 3 atom stereocenters. The number of nitrogens with zero attached hydrogens (tertiary/aromatic N) is 2. The van der Waals surface area contributed by atoms with Gasteiger partial charge in [-0.1, -0.05) is 36.4 Å². The van der Waals surface area contributed by atoms with Gasteiger partial charge in [0.1, 0.15) is 0 Å². The highest BCUT2D eigenvalue weighted by Gasteiger charge is 2.43. The minimum absolute atomic E-state index is 0.0126. The third-order valence-electron chi connectivity index (χ3n) is 8.07. The number of aliphatic hydroxyl groups is 1. The average Bonchev–Trinajstić information content (AvgIpc) is 3.59. The fraction of sp³-hybridized carbons (Fsp3) is 0.250. The molecule has 186 valence electrons. The molecule has 2 aliphatic heterocycles. The molecule has 0 radical (unpaired) electrons. The predicted octanol–water partition coefficient (Wildman–Crippen LogP) is 2.73. The molecule has 2 aromatic heterocycles. The SMILES string of the molecule is NC1CC2CC1n1c3ccccc3c3c4c(c5c6ccccc6n2c5c31)C(=O)NC4=O.O=CNCCO. The molecular weight excluding hydrogens is 470 g/mol. The molecule has 0 saturated heterocycles. The molecule has 3 unspecified atom stereocenters. The Morgan fingerprint density at radius 1 is 0.919 bits per heavy atom. The van der Waals surface area contributed by atoms with Crippen LogP contribution in [0.1, 0.15) is 45.6 Å². The third kappa shape index (κ3) is 2.78. The molecule has 0 spiro atoms. The Hall–Kier alpha value is -4.21. The quantitative estimate of drug-likeness (QED) is 0.174. The smallest absolute Gasteiger partial charge is 0.259 e. The highest BCUT2D eigenvalue weighted by Crippen LogP contribution is 2.53. The van der Waals surface area contributed by atoms with Gasteiger partial charge in [-0.3, -0.25) is 19.7 Å². The zero-order valence-corrected chi connectivity index (χ0v) is 19.9. The zero-order valence-electron chi connectivity index (χ0n) is 19.9. The predicted molar refractivity (Wildman–Crippen MR) is 141 cm³/mol. The normalized spacial score (nSPS) is 21.4. The molecule has 5 aromatic rings. The van der Waals surface area contributed by atoms with Gasteiger partial charge in [0.05, 0.1) is 34.8 Å². The molecule has 3 amide bonds. The number of aromatic nitrogens is 2. The van der Waals surface area contributed by atoms with Gasteiger partial charge in [0.25, 0.3) is 11.8 Å². The number of amides is 3. The summed E-state index contributed by atoms with van der Waals surface area (Å²) in [5, 5.41) is 16.6. The van der Waals surface area contributed by atoms with Crippen LogP contribution in [0.4, 0.5) is 0 Å². The van der Waals surface area contributed by atoms with Crippen LogP contribution in [-0.2, 0) is 4.79 Å². The number of benzene rings is 3. The number of carbonyl (C=O) groups is 3. The average molecular weight is 496 g/mol. The number of nitrogens with one attached hydrogen (secondary N) is 2. The molecule has 3 aromatic carbocycles. The van der Waals surface area contributed by atoms with Gasteiger partial charge in [-0.25, -0.2) is 0 Å². The highest BCUT2D eigenvalue weighted by molar-refractivity contribution is 6.39. The fourth-order valence-electron chi connectivity index (χ4n) is 6.81. The number of fused-ring (bicyclic) bond motifs is 13. The number of rotatable bonds is 3. The molecule has 2 bridgehead atoms. The molecule has 9 heteroatoms. The van der Waals surface area contributed by atoms with Crippen LogP contribution in [0.5, 0.6) is 0 Å². The molecule has 1 aliphatic carbocycles. The van der Waals surface area contributed by atoms with Crippen LogP contribution < -0.4 is 16.4 Å². The Balaban J connectivity index is 0.000000349. The van der Waals surface area contributed by atoms with Crippen LogP contribution >= 0.6 is 0 Å². The lowest BCUT2D eigenvalue weighted by Crippen LogP contribution is -2.27. The topological polar surface area (TPSA) is 131 Å². The van der Waals surface area contributed by atoms with Crippen molar-refractivity contribution in [3.63, 3.8) is 0 Å². The van der Waals surface area contributed by atoms with E-state index in [2.05, 4.69) is 44.0 Å². The number of imide groups is 1. The van der Waals surface area contributed by atoms with E-state index in [4.69, 9.17) is 10.8 Å².